The lowest BCUT2D eigenvalue weighted by atomic mass is 10.2. The van der Waals surface area contributed by atoms with Crippen LogP contribution in [0.1, 0.15) is 5.01 Å². The summed E-state index contributed by atoms with van der Waals surface area (Å²) in [6, 6.07) is 0.170. The standard InChI is InChI=1S/C6H7F3N4S/c7-6(8,9)4-12-13-5(14-4)11-3-1-10-2-3/h3,10H,1-2H2,(H,11,13). The van der Waals surface area contributed by atoms with E-state index in [-0.39, 0.29) is 11.2 Å². The van der Waals surface area contributed by atoms with Crippen molar-refractivity contribution in [3.05, 3.63) is 5.01 Å². The van der Waals surface area contributed by atoms with E-state index in [9.17, 15) is 13.2 Å². The Kier molecular flexibility index (Phi) is 2.31. The Labute approximate surface area is 81.5 Å². The van der Waals surface area contributed by atoms with Crippen LogP contribution in [0.3, 0.4) is 0 Å². The van der Waals surface area contributed by atoms with Gasteiger partial charge in [0.05, 0.1) is 6.04 Å². The molecule has 0 aromatic carbocycles. The van der Waals surface area contributed by atoms with Gasteiger partial charge in [-0.2, -0.15) is 13.2 Å². The minimum atomic E-state index is -4.39. The lowest BCUT2D eigenvalue weighted by Crippen LogP contribution is -2.51. The molecule has 0 spiro atoms. The molecule has 14 heavy (non-hydrogen) atoms. The van der Waals surface area contributed by atoms with Gasteiger partial charge in [-0.15, -0.1) is 10.2 Å². The van der Waals surface area contributed by atoms with Crippen LogP contribution in [0, 0.1) is 0 Å². The predicted octanol–water partition coefficient (Wildman–Crippen LogP) is 0.941. The summed E-state index contributed by atoms with van der Waals surface area (Å²) in [5.74, 6) is 0. The van der Waals surface area contributed by atoms with Gasteiger partial charge in [0, 0.05) is 13.1 Å². The van der Waals surface area contributed by atoms with E-state index in [1.165, 1.54) is 0 Å². The highest BCUT2D eigenvalue weighted by atomic mass is 32.1. The molecule has 2 rings (SSSR count). The van der Waals surface area contributed by atoms with Crippen LogP contribution in [0.5, 0.6) is 0 Å². The third kappa shape index (κ3) is 1.95. The molecule has 0 radical (unpaired) electrons. The Morgan fingerprint density at radius 3 is 2.50 bits per heavy atom. The number of nitrogens with one attached hydrogen (secondary N) is 2. The maximum atomic E-state index is 12.1. The Morgan fingerprint density at radius 2 is 2.07 bits per heavy atom. The van der Waals surface area contributed by atoms with Crippen LogP contribution in [0.2, 0.25) is 0 Å². The number of hydrogen-bond donors (Lipinski definition) is 2. The third-order valence-corrected chi connectivity index (χ3v) is 2.68. The van der Waals surface area contributed by atoms with Gasteiger partial charge in [0.1, 0.15) is 0 Å². The number of anilines is 1. The van der Waals surface area contributed by atoms with Gasteiger partial charge >= 0.3 is 6.18 Å². The highest BCUT2D eigenvalue weighted by Gasteiger charge is 2.35. The second-order valence-corrected chi connectivity index (χ2v) is 3.89. The molecule has 8 heteroatoms. The van der Waals surface area contributed by atoms with E-state index in [1.54, 1.807) is 0 Å². The first-order valence-electron chi connectivity index (χ1n) is 3.93. The van der Waals surface area contributed by atoms with E-state index in [1.807, 2.05) is 0 Å². The van der Waals surface area contributed by atoms with Gasteiger partial charge in [0.25, 0.3) is 0 Å². The molecule has 0 aliphatic carbocycles. The SMILES string of the molecule is FC(F)(F)c1nnc(NC2CNC2)s1. The van der Waals surface area contributed by atoms with Crippen LogP contribution in [0.15, 0.2) is 0 Å². The fraction of sp³-hybridized carbons (Fsp3) is 0.667. The molecular weight excluding hydrogens is 217 g/mol. The summed E-state index contributed by atoms with van der Waals surface area (Å²) in [4.78, 5) is 0. The minimum absolute atomic E-state index is 0.170. The molecule has 1 saturated heterocycles. The molecule has 0 atom stereocenters. The summed E-state index contributed by atoms with van der Waals surface area (Å²) in [5, 5.41) is 11.6. The van der Waals surface area contributed by atoms with E-state index < -0.39 is 11.2 Å². The molecule has 0 bridgehead atoms. The van der Waals surface area contributed by atoms with Crippen molar-refractivity contribution >= 4 is 16.5 Å². The summed E-state index contributed by atoms with van der Waals surface area (Å²) in [6.07, 6.45) is -4.39. The van der Waals surface area contributed by atoms with Crippen LogP contribution >= 0.6 is 11.3 Å². The molecule has 2 heterocycles. The second kappa shape index (κ2) is 3.35. The normalized spacial score (nSPS) is 17.9. The van der Waals surface area contributed by atoms with Gasteiger partial charge in [-0.05, 0) is 0 Å². The average molecular weight is 224 g/mol. The van der Waals surface area contributed by atoms with Crippen molar-refractivity contribution in [3.8, 4) is 0 Å². The summed E-state index contributed by atoms with van der Waals surface area (Å²) in [6.45, 7) is 1.50. The molecule has 2 N–H and O–H groups in total. The van der Waals surface area contributed by atoms with Gasteiger partial charge in [-0.25, -0.2) is 0 Å². The minimum Gasteiger partial charge on any atom is -0.355 e. The van der Waals surface area contributed by atoms with Crippen LogP contribution in [0.4, 0.5) is 18.3 Å². The fourth-order valence-electron chi connectivity index (χ4n) is 0.961. The van der Waals surface area contributed by atoms with Crippen molar-refractivity contribution in [2.24, 2.45) is 0 Å². The van der Waals surface area contributed by atoms with Crippen molar-refractivity contribution in [2.45, 2.75) is 12.2 Å². The zero-order valence-electron chi connectivity index (χ0n) is 6.93. The Hall–Kier alpha value is -0.890. The van der Waals surface area contributed by atoms with Crippen molar-refractivity contribution < 1.29 is 13.2 Å². The highest BCUT2D eigenvalue weighted by Crippen LogP contribution is 2.33. The number of hydrogen-bond acceptors (Lipinski definition) is 5. The molecule has 0 unspecified atom stereocenters. The highest BCUT2D eigenvalue weighted by molar-refractivity contribution is 7.15. The topological polar surface area (TPSA) is 49.8 Å². The summed E-state index contributed by atoms with van der Waals surface area (Å²) in [5.41, 5.74) is 0. The van der Waals surface area contributed by atoms with Crippen molar-refractivity contribution in [3.63, 3.8) is 0 Å². The van der Waals surface area contributed by atoms with Crippen molar-refractivity contribution in [2.75, 3.05) is 18.4 Å². The third-order valence-electron chi connectivity index (χ3n) is 1.78. The largest absolute Gasteiger partial charge is 0.445 e. The Morgan fingerprint density at radius 1 is 1.36 bits per heavy atom. The molecule has 1 aliphatic heterocycles. The van der Waals surface area contributed by atoms with Gasteiger partial charge in [0.2, 0.25) is 10.1 Å². The van der Waals surface area contributed by atoms with E-state index in [0.29, 0.717) is 11.3 Å². The van der Waals surface area contributed by atoms with E-state index in [4.69, 9.17) is 0 Å². The Bertz CT molecular complexity index is 319. The van der Waals surface area contributed by atoms with Crippen LogP contribution in [-0.2, 0) is 6.18 Å². The van der Waals surface area contributed by atoms with Crippen molar-refractivity contribution in [1.29, 1.82) is 0 Å². The van der Waals surface area contributed by atoms with Crippen LogP contribution in [-0.4, -0.2) is 29.3 Å². The number of halogens is 3. The number of nitrogens with zero attached hydrogens (tertiary/aromatic N) is 2. The fourth-order valence-corrected chi connectivity index (χ4v) is 1.65. The smallest absolute Gasteiger partial charge is 0.355 e. The maximum absolute atomic E-state index is 12.1. The zero-order valence-corrected chi connectivity index (χ0v) is 7.74. The lowest BCUT2D eigenvalue weighted by molar-refractivity contribution is -0.138. The average Bonchev–Trinajstić information content (AvgIpc) is 2.43. The second-order valence-electron chi connectivity index (χ2n) is 2.91. The number of alkyl halides is 3. The molecule has 1 fully saturated rings. The van der Waals surface area contributed by atoms with Gasteiger partial charge in [-0.3, -0.25) is 0 Å². The summed E-state index contributed by atoms with van der Waals surface area (Å²) in [7, 11) is 0. The van der Waals surface area contributed by atoms with Crippen LogP contribution < -0.4 is 10.6 Å². The first kappa shape index (κ1) is 9.66. The number of aromatic nitrogens is 2. The van der Waals surface area contributed by atoms with Crippen molar-refractivity contribution in [1.82, 2.24) is 15.5 Å². The van der Waals surface area contributed by atoms with E-state index >= 15 is 0 Å². The molecule has 1 aliphatic rings. The van der Waals surface area contributed by atoms with E-state index in [2.05, 4.69) is 20.8 Å². The first-order chi connectivity index (χ1) is 6.55. The molecule has 1 aromatic rings. The number of rotatable bonds is 2. The molecular formula is C6H7F3N4S. The molecule has 0 amide bonds. The van der Waals surface area contributed by atoms with E-state index in [0.717, 1.165) is 13.1 Å². The Balaban J connectivity index is 2.02. The molecule has 78 valence electrons. The van der Waals surface area contributed by atoms with Gasteiger partial charge < -0.3 is 10.6 Å². The molecule has 4 nitrogen and oxygen atoms in total. The van der Waals surface area contributed by atoms with Gasteiger partial charge in [0.15, 0.2) is 0 Å². The lowest BCUT2D eigenvalue weighted by Gasteiger charge is -2.27. The van der Waals surface area contributed by atoms with Crippen LogP contribution in [0.25, 0.3) is 0 Å². The first-order valence-corrected chi connectivity index (χ1v) is 4.75. The summed E-state index contributed by atoms with van der Waals surface area (Å²) < 4.78 is 36.3. The monoisotopic (exact) mass is 224 g/mol. The maximum Gasteiger partial charge on any atom is 0.445 e. The van der Waals surface area contributed by atoms with Gasteiger partial charge in [-0.1, -0.05) is 11.3 Å². The quantitative estimate of drug-likeness (QED) is 0.785. The zero-order chi connectivity index (χ0) is 10.2. The molecule has 0 saturated carbocycles. The molecule has 1 aromatic heterocycles. The summed E-state index contributed by atoms with van der Waals surface area (Å²) >= 11 is 0.531. The predicted molar refractivity (Wildman–Crippen MR) is 45.2 cm³/mol.